The lowest BCUT2D eigenvalue weighted by atomic mass is 10.1. The molecule has 1 saturated heterocycles. The molecule has 0 unspecified atom stereocenters. The Morgan fingerprint density at radius 1 is 1.26 bits per heavy atom. The third kappa shape index (κ3) is 3.77. The molecule has 1 aliphatic rings. The molecule has 1 aliphatic heterocycles. The molecule has 0 saturated carbocycles. The summed E-state index contributed by atoms with van der Waals surface area (Å²) in [6, 6.07) is 5.61. The second kappa shape index (κ2) is 7.01. The van der Waals surface area contributed by atoms with Gasteiger partial charge in [0.2, 0.25) is 0 Å². The quantitative estimate of drug-likeness (QED) is 0.685. The van der Waals surface area contributed by atoms with Gasteiger partial charge in [0.15, 0.2) is 5.96 Å². The van der Waals surface area contributed by atoms with E-state index in [-0.39, 0.29) is 0 Å². The van der Waals surface area contributed by atoms with Crippen molar-refractivity contribution in [3.63, 3.8) is 0 Å². The van der Waals surface area contributed by atoms with E-state index in [1.54, 1.807) is 0 Å². The maximum atomic E-state index is 6.15. The first-order valence-corrected chi connectivity index (χ1v) is 7.36. The zero-order valence-corrected chi connectivity index (χ0v) is 12.6. The second-order valence-electron chi connectivity index (χ2n) is 4.62. The van der Waals surface area contributed by atoms with Gasteiger partial charge in [-0.3, -0.25) is 4.99 Å². The van der Waals surface area contributed by atoms with E-state index in [9.17, 15) is 0 Å². The second-order valence-corrected chi connectivity index (χ2v) is 5.43. The van der Waals surface area contributed by atoms with E-state index in [1.165, 1.54) is 12.8 Å². The number of nitrogens with zero attached hydrogens (tertiary/aromatic N) is 2. The molecule has 0 bridgehead atoms. The van der Waals surface area contributed by atoms with Crippen LogP contribution in [0.4, 0.5) is 0 Å². The van der Waals surface area contributed by atoms with E-state index in [1.807, 2.05) is 25.2 Å². The highest BCUT2D eigenvalue weighted by molar-refractivity contribution is 6.35. The van der Waals surface area contributed by atoms with Crippen LogP contribution in [0.15, 0.2) is 23.2 Å². The molecule has 0 aliphatic carbocycles. The molecule has 0 atom stereocenters. The molecule has 0 radical (unpaired) electrons. The number of rotatable bonds is 3. The van der Waals surface area contributed by atoms with Crippen LogP contribution in [0.1, 0.15) is 18.4 Å². The molecule has 0 aromatic heterocycles. The Morgan fingerprint density at radius 3 is 2.47 bits per heavy atom. The minimum Gasteiger partial charge on any atom is -0.356 e. The molecule has 2 rings (SSSR count). The Labute approximate surface area is 124 Å². The smallest absolute Gasteiger partial charge is 0.193 e. The van der Waals surface area contributed by atoms with E-state index in [0.717, 1.165) is 47.6 Å². The van der Waals surface area contributed by atoms with Crippen molar-refractivity contribution in [3.05, 3.63) is 33.8 Å². The number of hydrogen-bond donors (Lipinski definition) is 1. The molecule has 1 aromatic rings. The average molecular weight is 300 g/mol. The van der Waals surface area contributed by atoms with Gasteiger partial charge >= 0.3 is 0 Å². The van der Waals surface area contributed by atoms with Crippen LogP contribution < -0.4 is 5.32 Å². The topological polar surface area (TPSA) is 27.6 Å². The molecule has 19 heavy (non-hydrogen) atoms. The third-order valence-electron chi connectivity index (χ3n) is 3.34. The summed E-state index contributed by atoms with van der Waals surface area (Å²) in [6.07, 6.45) is 3.29. The van der Waals surface area contributed by atoms with Crippen molar-refractivity contribution < 1.29 is 0 Å². The number of nitrogens with one attached hydrogen (secondary N) is 1. The number of aliphatic imine (C=N–C) groups is 1. The van der Waals surface area contributed by atoms with Crippen molar-refractivity contribution in [2.24, 2.45) is 4.99 Å². The highest BCUT2D eigenvalue weighted by Gasteiger charge is 2.15. The summed E-state index contributed by atoms with van der Waals surface area (Å²) in [4.78, 5) is 6.60. The van der Waals surface area contributed by atoms with Crippen molar-refractivity contribution >= 4 is 29.2 Å². The molecular weight excluding hydrogens is 281 g/mol. The number of guanidine groups is 1. The molecule has 0 amide bonds. The van der Waals surface area contributed by atoms with Crippen LogP contribution in [0, 0.1) is 0 Å². The normalized spacial score (nSPS) is 15.9. The molecule has 1 N–H and O–H groups in total. The van der Waals surface area contributed by atoms with Crippen molar-refractivity contribution in [1.29, 1.82) is 0 Å². The summed E-state index contributed by atoms with van der Waals surface area (Å²) < 4.78 is 0. The minimum atomic E-state index is 0.727. The molecular formula is C14H19Cl2N3. The van der Waals surface area contributed by atoms with Crippen LogP contribution in [0.5, 0.6) is 0 Å². The monoisotopic (exact) mass is 299 g/mol. The van der Waals surface area contributed by atoms with Gasteiger partial charge in [-0.05, 0) is 37.0 Å². The van der Waals surface area contributed by atoms with Gasteiger partial charge in [-0.15, -0.1) is 0 Å². The maximum Gasteiger partial charge on any atom is 0.193 e. The van der Waals surface area contributed by atoms with Crippen LogP contribution in [0.25, 0.3) is 0 Å². The fourth-order valence-electron chi connectivity index (χ4n) is 2.33. The van der Waals surface area contributed by atoms with Gasteiger partial charge in [0.25, 0.3) is 0 Å². The SMILES string of the molecule is CN=C(NCCc1c(Cl)cccc1Cl)N1CCCC1. The minimum absolute atomic E-state index is 0.727. The summed E-state index contributed by atoms with van der Waals surface area (Å²) in [5.74, 6) is 0.973. The van der Waals surface area contributed by atoms with Gasteiger partial charge in [0, 0.05) is 36.7 Å². The standard InChI is InChI=1S/C14H19Cl2N3/c1-17-14(19-9-2-3-10-19)18-8-7-11-12(15)5-4-6-13(11)16/h4-6H,2-3,7-10H2,1H3,(H,17,18). The molecule has 0 spiro atoms. The lowest BCUT2D eigenvalue weighted by Crippen LogP contribution is -2.40. The van der Waals surface area contributed by atoms with Gasteiger partial charge < -0.3 is 10.2 Å². The van der Waals surface area contributed by atoms with E-state index < -0.39 is 0 Å². The molecule has 1 aromatic carbocycles. The lowest BCUT2D eigenvalue weighted by Gasteiger charge is -2.21. The summed E-state index contributed by atoms with van der Waals surface area (Å²) in [5, 5.41) is 4.83. The summed E-state index contributed by atoms with van der Waals surface area (Å²) >= 11 is 12.3. The number of hydrogen-bond acceptors (Lipinski definition) is 1. The van der Waals surface area contributed by atoms with Crippen molar-refractivity contribution in [2.75, 3.05) is 26.7 Å². The maximum absolute atomic E-state index is 6.15. The zero-order valence-electron chi connectivity index (χ0n) is 11.1. The lowest BCUT2D eigenvalue weighted by molar-refractivity contribution is 0.494. The fraction of sp³-hybridized carbons (Fsp3) is 0.500. The predicted molar refractivity (Wildman–Crippen MR) is 82.3 cm³/mol. The van der Waals surface area contributed by atoms with E-state index in [2.05, 4.69) is 15.2 Å². The first-order valence-electron chi connectivity index (χ1n) is 6.61. The van der Waals surface area contributed by atoms with Crippen LogP contribution in [0.3, 0.4) is 0 Å². The Balaban J connectivity index is 1.89. The average Bonchev–Trinajstić information content (AvgIpc) is 2.91. The highest BCUT2D eigenvalue weighted by atomic mass is 35.5. The van der Waals surface area contributed by atoms with Gasteiger partial charge in [0.05, 0.1) is 0 Å². The van der Waals surface area contributed by atoms with Gasteiger partial charge in [0.1, 0.15) is 0 Å². The first kappa shape index (κ1) is 14.5. The van der Waals surface area contributed by atoms with E-state index >= 15 is 0 Å². The third-order valence-corrected chi connectivity index (χ3v) is 4.05. The Morgan fingerprint density at radius 2 is 1.89 bits per heavy atom. The van der Waals surface area contributed by atoms with Crippen molar-refractivity contribution in [3.8, 4) is 0 Å². The van der Waals surface area contributed by atoms with Crippen LogP contribution >= 0.6 is 23.2 Å². The molecule has 1 heterocycles. The van der Waals surface area contributed by atoms with Gasteiger partial charge in [-0.25, -0.2) is 0 Å². The Hall–Kier alpha value is -0.930. The summed E-state index contributed by atoms with van der Waals surface area (Å²) in [7, 11) is 1.82. The molecule has 1 fully saturated rings. The predicted octanol–water partition coefficient (Wildman–Crippen LogP) is 3.21. The van der Waals surface area contributed by atoms with Gasteiger partial charge in [-0.2, -0.15) is 0 Å². The molecule has 104 valence electrons. The van der Waals surface area contributed by atoms with E-state index in [0.29, 0.717) is 0 Å². The van der Waals surface area contributed by atoms with Crippen LogP contribution in [0.2, 0.25) is 10.0 Å². The Kier molecular flexibility index (Phi) is 5.34. The zero-order chi connectivity index (χ0) is 13.7. The van der Waals surface area contributed by atoms with Crippen molar-refractivity contribution in [1.82, 2.24) is 10.2 Å². The largest absolute Gasteiger partial charge is 0.356 e. The first-order chi connectivity index (χ1) is 9.22. The number of likely N-dealkylation sites (tertiary alicyclic amines) is 1. The van der Waals surface area contributed by atoms with Crippen LogP contribution in [-0.2, 0) is 6.42 Å². The van der Waals surface area contributed by atoms with Gasteiger partial charge in [-0.1, -0.05) is 29.3 Å². The van der Waals surface area contributed by atoms with Crippen molar-refractivity contribution in [2.45, 2.75) is 19.3 Å². The number of halogens is 2. The summed E-state index contributed by atoms with van der Waals surface area (Å²) in [6.45, 7) is 2.96. The Bertz CT molecular complexity index is 434. The fourth-order valence-corrected chi connectivity index (χ4v) is 2.92. The highest BCUT2D eigenvalue weighted by Crippen LogP contribution is 2.24. The number of benzene rings is 1. The van der Waals surface area contributed by atoms with E-state index in [4.69, 9.17) is 23.2 Å². The van der Waals surface area contributed by atoms with Crippen LogP contribution in [-0.4, -0.2) is 37.5 Å². The molecule has 3 nitrogen and oxygen atoms in total. The summed E-state index contributed by atoms with van der Waals surface area (Å²) in [5.41, 5.74) is 0.996. The molecule has 5 heteroatoms.